The first kappa shape index (κ1) is 18.6. The van der Waals surface area contributed by atoms with Crippen molar-refractivity contribution < 1.29 is 14.3 Å². The molecule has 26 heavy (non-hydrogen) atoms. The van der Waals surface area contributed by atoms with Crippen molar-refractivity contribution in [2.45, 2.75) is 17.1 Å². The van der Waals surface area contributed by atoms with E-state index in [0.29, 0.717) is 35.2 Å². The van der Waals surface area contributed by atoms with E-state index in [-0.39, 0.29) is 17.1 Å². The first-order valence-electron chi connectivity index (χ1n) is 8.19. The molecule has 0 aliphatic carbocycles. The van der Waals surface area contributed by atoms with Gasteiger partial charge in [0.25, 0.3) is 5.91 Å². The zero-order chi connectivity index (χ0) is 18.7. The number of carbonyl (C=O) groups is 2. The predicted octanol–water partition coefficient (Wildman–Crippen LogP) is 3.92. The van der Waals surface area contributed by atoms with Crippen LogP contribution in [-0.4, -0.2) is 42.2 Å². The minimum atomic E-state index is -0.129. The average Bonchev–Trinajstić information content (AvgIpc) is 2.61. The standard InChI is InChI=1S/C19H19ClN2O3S/c1-12-18(23)21-16-10-13(6-7-17(16)26-12)19(24)22(2)8-9-25-15-5-3-4-14(20)11-15/h3-7,10-12H,8-9H2,1-2H3,(H,21,23). The molecule has 0 bridgehead atoms. The normalized spacial score (nSPS) is 15.8. The Balaban J connectivity index is 1.60. The Morgan fingerprint density at radius 1 is 1.31 bits per heavy atom. The van der Waals surface area contributed by atoms with Crippen LogP contribution in [0, 0.1) is 0 Å². The van der Waals surface area contributed by atoms with Gasteiger partial charge in [0.05, 0.1) is 17.5 Å². The number of hydrogen-bond donors (Lipinski definition) is 1. The van der Waals surface area contributed by atoms with Crippen LogP contribution in [0.4, 0.5) is 5.69 Å². The Bertz CT molecular complexity index is 843. The molecule has 1 unspecified atom stereocenters. The van der Waals surface area contributed by atoms with Gasteiger partial charge in [-0.15, -0.1) is 11.8 Å². The highest BCUT2D eigenvalue weighted by atomic mass is 35.5. The number of carbonyl (C=O) groups excluding carboxylic acids is 2. The summed E-state index contributed by atoms with van der Waals surface area (Å²) < 4.78 is 5.62. The number of amides is 2. The van der Waals surface area contributed by atoms with E-state index in [1.165, 1.54) is 11.8 Å². The lowest BCUT2D eigenvalue weighted by Gasteiger charge is -2.23. The van der Waals surface area contributed by atoms with Gasteiger partial charge in [-0.25, -0.2) is 0 Å². The van der Waals surface area contributed by atoms with Gasteiger partial charge in [0, 0.05) is 22.5 Å². The first-order chi connectivity index (χ1) is 12.4. The molecular weight excluding hydrogens is 372 g/mol. The van der Waals surface area contributed by atoms with Crippen LogP contribution < -0.4 is 10.1 Å². The third kappa shape index (κ3) is 4.31. The summed E-state index contributed by atoms with van der Waals surface area (Å²) in [5.41, 5.74) is 1.22. The van der Waals surface area contributed by atoms with Crippen molar-refractivity contribution in [2.24, 2.45) is 0 Å². The SMILES string of the molecule is CC1Sc2ccc(C(=O)N(C)CCOc3cccc(Cl)c3)cc2NC1=O. The first-order valence-corrected chi connectivity index (χ1v) is 9.45. The van der Waals surface area contributed by atoms with E-state index in [4.69, 9.17) is 16.3 Å². The lowest BCUT2D eigenvalue weighted by atomic mass is 10.1. The largest absolute Gasteiger partial charge is 0.492 e. The van der Waals surface area contributed by atoms with Crippen LogP contribution in [0.2, 0.25) is 5.02 Å². The molecule has 1 aliphatic heterocycles. The number of ether oxygens (including phenoxy) is 1. The quantitative estimate of drug-likeness (QED) is 0.840. The molecule has 0 saturated heterocycles. The second-order valence-electron chi connectivity index (χ2n) is 5.99. The van der Waals surface area contributed by atoms with Crippen LogP contribution in [0.3, 0.4) is 0 Å². The average molecular weight is 391 g/mol. The molecule has 0 radical (unpaired) electrons. The van der Waals surface area contributed by atoms with Crippen LogP contribution in [0.5, 0.6) is 5.75 Å². The summed E-state index contributed by atoms with van der Waals surface area (Å²) >= 11 is 7.41. The fourth-order valence-corrected chi connectivity index (χ4v) is 3.63. The molecule has 2 aromatic carbocycles. The molecule has 1 atom stereocenters. The number of benzene rings is 2. The molecule has 136 valence electrons. The highest BCUT2D eigenvalue weighted by Crippen LogP contribution is 2.36. The Labute approximate surface area is 161 Å². The number of rotatable bonds is 5. The zero-order valence-corrected chi connectivity index (χ0v) is 16.1. The van der Waals surface area contributed by atoms with Gasteiger partial charge in [-0.05, 0) is 43.3 Å². The maximum absolute atomic E-state index is 12.6. The van der Waals surface area contributed by atoms with Gasteiger partial charge < -0.3 is 15.0 Å². The smallest absolute Gasteiger partial charge is 0.253 e. The maximum atomic E-state index is 12.6. The van der Waals surface area contributed by atoms with Gasteiger partial charge >= 0.3 is 0 Å². The van der Waals surface area contributed by atoms with E-state index in [9.17, 15) is 9.59 Å². The van der Waals surface area contributed by atoms with Gasteiger partial charge in [-0.2, -0.15) is 0 Å². The van der Waals surface area contributed by atoms with Crippen molar-refractivity contribution in [3.05, 3.63) is 53.1 Å². The Hall–Kier alpha value is -2.18. The van der Waals surface area contributed by atoms with Gasteiger partial charge in [-0.3, -0.25) is 9.59 Å². The third-order valence-corrected chi connectivity index (χ3v) is 5.41. The summed E-state index contributed by atoms with van der Waals surface area (Å²) in [6.07, 6.45) is 0. The minimum Gasteiger partial charge on any atom is -0.492 e. The number of nitrogens with one attached hydrogen (secondary N) is 1. The molecule has 1 N–H and O–H groups in total. The second-order valence-corrected chi connectivity index (χ2v) is 7.81. The lowest BCUT2D eigenvalue weighted by Crippen LogP contribution is -2.31. The molecule has 2 aromatic rings. The third-order valence-electron chi connectivity index (χ3n) is 4.00. The fraction of sp³-hybridized carbons (Fsp3) is 0.263. The summed E-state index contributed by atoms with van der Waals surface area (Å²) in [5.74, 6) is 0.497. The molecule has 1 aliphatic rings. The van der Waals surface area contributed by atoms with Gasteiger partial charge in [0.15, 0.2) is 0 Å². The van der Waals surface area contributed by atoms with Crippen LogP contribution in [0.15, 0.2) is 47.4 Å². The summed E-state index contributed by atoms with van der Waals surface area (Å²) in [6, 6.07) is 12.5. The summed E-state index contributed by atoms with van der Waals surface area (Å²) in [5, 5.41) is 3.32. The number of thioether (sulfide) groups is 1. The van der Waals surface area contributed by atoms with Crippen molar-refractivity contribution in [3.63, 3.8) is 0 Å². The van der Waals surface area contributed by atoms with E-state index in [1.54, 1.807) is 36.2 Å². The lowest BCUT2D eigenvalue weighted by molar-refractivity contribution is -0.115. The van der Waals surface area contributed by atoms with Crippen LogP contribution >= 0.6 is 23.4 Å². The summed E-state index contributed by atoms with van der Waals surface area (Å²) in [7, 11) is 1.72. The predicted molar refractivity (Wildman–Crippen MR) is 104 cm³/mol. The van der Waals surface area contributed by atoms with Gasteiger partial charge in [0.1, 0.15) is 12.4 Å². The molecule has 7 heteroatoms. The van der Waals surface area contributed by atoms with Crippen molar-refractivity contribution in [2.75, 3.05) is 25.5 Å². The topological polar surface area (TPSA) is 58.6 Å². The Morgan fingerprint density at radius 2 is 2.12 bits per heavy atom. The van der Waals surface area contributed by atoms with E-state index in [0.717, 1.165) is 4.90 Å². The Kier molecular flexibility index (Phi) is 5.74. The zero-order valence-electron chi connectivity index (χ0n) is 14.5. The molecule has 5 nitrogen and oxygen atoms in total. The molecule has 3 rings (SSSR count). The highest BCUT2D eigenvalue weighted by molar-refractivity contribution is 8.00. The van der Waals surface area contributed by atoms with Crippen molar-refractivity contribution in [1.29, 1.82) is 0 Å². The van der Waals surface area contributed by atoms with Crippen LogP contribution in [-0.2, 0) is 4.79 Å². The molecule has 0 spiro atoms. The van der Waals surface area contributed by atoms with Gasteiger partial charge in [0.2, 0.25) is 5.91 Å². The van der Waals surface area contributed by atoms with E-state index in [1.807, 2.05) is 25.1 Å². The second kappa shape index (κ2) is 8.01. The summed E-state index contributed by atoms with van der Waals surface area (Å²) in [6.45, 7) is 2.65. The maximum Gasteiger partial charge on any atom is 0.253 e. The van der Waals surface area contributed by atoms with Crippen molar-refractivity contribution in [3.8, 4) is 5.75 Å². The summed E-state index contributed by atoms with van der Waals surface area (Å²) in [4.78, 5) is 27.0. The molecule has 0 fully saturated rings. The molecule has 0 aromatic heterocycles. The van der Waals surface area contributed by atoms with E-state index >= 15 is 0 Å². The van der Waals surface area contributed by atoms with Gasteiger partial charge in [-0.1, -0.05) is 17.7 Å². The monoisotopic (exact) mass is 390 g/mol. The highest BCUT2D eigenvalue weighted by Gasteiger charge is 2.24. The molecule has 1 heterocycles. The van der Waals surface area contributed by atoms with Crippen molar-refractivity contribution >= 4 is 40.9 Å². The number of likely N-dealkylation sites (N-methyl/N-ethyl adjacent to an activating group) is 1. The Morgan fingerprint density at radius 3 is 2.88 bits per heavy atom. The number of nitrogens with zero attached hydrogens (tertiary/aromatic N) is 1. The van der Waals surface area contributed by atoms with Crippen LogP contribution in [0.1, 0.15) is 17.3 Å². The van der Waals surface area contributed by atoms with Crippen LogP contribution in [0.25, 0.3) is 0 Å². The number of hydrogen-bond acceptors (Lipinski definition) is 4. The minimum absolute atomic E-state index is 0.0459. The van der Waals surface area contributed by atoms with E-state index < -0.39 is 0 Å². The number of fused-ring (bicyclic) bond motifs is 1. The molecule has 2 amide bonds. The molecule has 0 saturated carbocycles. The van der Waals surface area contributed by atoms with E-state index in [2.05, 4.69) is 5.32 Å². The number of halogens is 1. The number of anilines is 1. The fourth-order valence-electron chi connectivity index (χ4n) is 2.52. The molecular formula is C19H19ClN2O3S. The van der Waals surface area contributed by atoms with Crippen molar-refractivity contribution in [1.82, 2.24) is 4.90 Å².